The molecule has 0 unspecified atom stereocenters. The van der Waals surface area contributed by atoms with Crippen LogP contribution < -0.4 is 10.6 Å². The lowest BCUT2D eigenvalue weighted by Gasteiger charge is -2.10. The summed E-state index contributed by atoms with van der Waals surface area (Å²) in [5.74, 6) is -1.38. The van der Waals surface area contributed by atoms with E-state index >= 15 is 0 Å². The number of phenols is 1. The summed E-state index contributed by atoms with van der Waals surface area (Å²) >= 11 is 4.88. The van der Waals surface area contributed by atoms with E-state index in [9.17, 15) is 24.8 Å². The SMILES string of the molecule is CCOC(=O)CCC(=O)NC(=S)Nc1ccc([N+](=O)[O-])cc1O. The van der Waals surface area contributed by atoms with Gasteiger partial charge >= 0.3 is 5.97 Å². The number of benzene rings is 1. The minimum atomic E-state index is -0.654. The van der Waals surface area contributed by atoms with Crippen LogP contribution in [0, 0.1) is 10.1 Å². The van der Waals surface area contributed by atoms with Crippen molar-refractivity contribution in [2.75, 3.05) is 11.9 Å². The van der Waals surface area contributed by atoms with Gasteiger partial charge in [-0.3, -0.25) is 19.7 Å². The molecule has 0 saturated heterocycles. The number of nitrogens with zero attached hydrogens (tertiary/aromatic N) is 1. The molecule has 1 aromatic rings. The Labute approximate surface area is 136 Å². The van der Waals surface area contributed by atoms with Gasteiger partial charge in [0.05, 0.1) is 29.7 Å². The molecule has 0 aromatic heterocycles. The van der Waals surface area contributed by atoms with E-state index in [4.69, 9.17) is 12.2 Å². The number of nitro groups is 1. The lowest BCUT2D eigenvalue weighted by molar-refractivity contribution is -0.384. The first-order valence-corrected chi connectivity index (χ1v) is 6.98. The normalized spacial score (nSPS) is 9.78. The van der Waals surface area contributed by atoms with Crippen LogP contribution in [0.4, 0.5) is 11.4 Å². The molecule has 0 aliphatic heterocycles. The van der Waals surface area contributed by atoms with E-state index in [1.807, 2.05) is 0 Å². The monoisotopic (exact) mass is 341 g/mol. The number of aromatic hydroxyl groups is 1. The highest BCUT2D eigenvalue weighted by Crippen LogP contribution is 2.27. The van der Waals surface area contributed by atoms with E-state index in [1.54, 1.807) is 6.92 Å². The molecule has 0 saturated carbocycles. The molecule has 0 bridgehead atoms. The summed E-state index contributed by atoms with van der Waals surface area (Å²) in [6.07, 6.45) is -0.183. The molecule has 0 heterocycles. The molecule has 0 aliphatic rings. The molecule has 10 heteroatoms. The quantitative estimate of drug-likeness (QED) is 0.233. The Bertz CT molecular complexity index is 634. The molecular weight excluding hydrogens is 326 g/mol. The van der Waals surface area contributed by atoms with Crippen LogP contribution in [0.5, 0.6) is 5.75 Å². The molecular formula is C13H15N3O6S. The standard InChI is InChI=1S/C13H15N3O6S/c1-2-22-12(19)6-5-11(18)15-13(23)14-9-4-3-8(16(20)21)7-10(9)17/h3-4,7,17H,2,5-6H2,1H3,(H2,14,15,18,23). The number of esters is 1. The molecule has 0 aliphatic carbocycles. The number of hydrogen-bond acceptors (Lipinski definition) is 7. The van der Waals surface area contributed by atoms with Gasteiger partial charge in [-0.1, -0.05) is 0 Å². The topological polar surface area (TPSA) is 131 Å². The third-order valence-electron chi connectivity index (χ3n) is 2.55. The van der Waals surface area contributed by atoms with Gasteiger partial charge in [0, 0.05) is 12.5 Å². The van der Waals surface area contributed by atoms with Crippen LogP contribution >= 0.6 is 12.2 Å². The third-order valence-corrected chi connectivity index (χ3v) is 2.76. The van der Waals surface area contributed by atoms with E-state index in [1.165, 1.54) is 12.1 Å². The van der Waals surface area contributed by atoms with Crippen LogP contribution in [0.3, 0.4) is 0 Å². The zero-order chi connectivity index (χ0) is 17.4. The number of nitrogens with one attached hydrogen (secondary N) is 2. The second kappa shape index (κ2) is 8.63. The number of thiocarbonyl (C=S) groups is 1. The van der Waals surface area contributed by atoms with Gasteiger partial charge in [-0.05, 0) is 25.2 Å². The minimum absolute atomic E-state index is 0.0783. The molecule has 0 spiro atoms. The maximum atomic E-state index is 11.6. The number of hydrogen-bond donors (Lipinski definition) is 3. The Hall–Kier alpha value is -2.75. The van der Waals surface area contributed by atoms with Gasteiger partial charge in [0.25, 0.3) is 5.69 Å². The van der Waals surface area contributed by atoms with Crippen LogP contribution in [0.15, 0.2) is 18.2 Å². The lowest BCUT2D eigenvalue weighted by atomic mass is 10.2. The Morgan fingerprint density at radius 3 is 2.65 bits per heavy atom. The Balaban J connectivity index is 2.52. The van der Waals surface area contributed by atoms with Crippen molar-refractivity contribution in [3.63, 3.8) is 0 Å². The van der Waals surface area contributed by atoms with Crippen LogP contribution in [-0.2, 0) is 14.3 Å². The molecule has 9 nitrogen and oxygen atoms in total. The highest BCUT2D eigenvalue weighted by molar-refractivity contribution is 7.80. The van der Waals surface area contributed by atoms with E-state index in [-0.39, 0.29) is 41.7 Å². The average molecular weight is 341 g/mol. The van der Waals surface area contributed by atoms with Crippen molar-refractivity contribution < 1.29 is 24.4 Å². The van der Waals surface area contributed by atoms with Crippen LogP contribution in [-0.4, -0.2) is 33.6 Å². The summed E-state index contributed by atoms with van der Waals surface area (Å²) in [5.41, 5.74) is -0.177. The highest BCUT2D eigenvalue weighted by Gasteiger charge is 2.13. The number of ether oxygens (including phenoxy) is 1. The van der Waals surface area contributed by atoms with Crippen molar-refractivity contribution in [3.8, 4) is 5.75 Å². The first-order valence-electron chi connectivity index (χ1n) is 6.57. The molecule has 3 N–H and O–H groups in total. The van der Waals surface area contributed by atoms with Crippen molar-refractivity contribution in [2.45, 2.75) is 19.8 Å². The van der Waals surface area contributed by atoms with E-state index < -0.39 is 16.8 Å². The minimum Gasteiger partial charge on any atom is -0.506 e. The van der Waals surface area contributed by atoms with E-state index in [0.29, 0.717) is 0 Å². The summed E-state index contributed by atoms with van der Waals surface area (Å²) < 4.78 is 4.68. The fourth-order valence-electron chi connectivity index (χ4n) is 1.53. The molecule has 1 amide bonds. The van der Waals surface area contributed by atoms with Gasteiger partial charge in [-0.2, -0.15) is 0 Å². The molecule has 0 radical (unpaired) electrons. The van der Waals surface area contributed by atoms with Gasteiger partial charge in [-0.15, -0.1) is 0 Å². The number of non-ortho nitro benzene ring substituents is 1. The van der Waals surface area contributed by atoms with E-state index in [0.717, 1.165) is 6.07 Å². The fourth-order valence-corrected chi connectivity index (χ4v) is 1.75. The van der Waals surface area contributed by atoms with Crippen molar-refractivity contribution in [3.05, 3.63) is 28.3 Å². The van der Waals surface area contributed by atoms with Crippen molar-refractivity contribution in [1.82, 2.24) is 5.32 Å². The molecule has 0 fully saturated rings. The van der Waals surface area contributed by atoms with Crippen molar-refractivity contribution in [2.24, 2.45) is 0 Å². The highest BCUT2D eigenvalue weighted by atomic mass is 32.1. The van der Waals surface area contributed by atoms with Gasteiger partial charge in [0.15, 0.2) is 5.11 Å². The number of rotatable bonds is 6. The number of nitro benzene ring substituents is 1. The second-order valence-corrected chi connectivity index (χ2v) is 4.67. The summed E-state index contributed by atoms with van der Waals surface area (Å²) in [5, 5.41) is 25.0. The number of carbonyl (C=O) groups is 2. The first-order chi connectivity index (χ1) is 10.8. The lowest BCUT2D eigenvalue weighted by Crippen LogP contribution is -2.34. The number of anilines is 1. The largest absolute Gasteiger partial charge is 0.506 e. The first kappa shape index (κ1) is 18.3. The Morgan fingerprint density at radius 1 is 1.39 bits per heavy atom. The molecule has 1 aromatic carbocycles. The predicted molar refractivity (Wildman–Crippen MR) is 85.0 cm³/mol. The van der Waals surface area contributed by atoms with Crippen molar-refractivity contribution in [1.29, 1.82) is 0 Å². The van der Waals surface area contributed by atoms with Crippen LogP contribution in [0.1, 0.15) is 19.8 Å². The van der Waals surface area contributed by atoms with Crippen molar-refractivity contribution >= 4 is 40.6 Å². The fraction of sp³-hybridized carbons (Fsp3) is 0.308. The number of amides is 1. The summed E-state index contributed by atoms with van der Waals surface area (Å²) in [4.78, 5) is 32.6. The average Bonchev–Trinajstić information content (AvgIpc) is 2.47. The van der Waals surface area contributed by atoms with Gasteiger partial charge in [0.1, 0.15) is 5.75 Å². The molecule has 0 atom stereocenters. The van der Waals surface area contributed by atoms with Gasteiger partial charge in [0.2, 0.25) is 5.91 Å². The zero-order valence-electron chi connectivity index (χ0n) is 12.2. The summed E-state index contributed by atoms with van der Waals surface area (Å²) in [6.45, 7) is 1.90. The maximum Gasteiger partial charge on any atom is 0.306 e. The molecule has 124 valence electrons. The van der Waals surface area contributed by atoms with E-state index in [2.05, 4.69) is 15.4 Å². The van der Waals surface area contributed by atoms with Gasteiger partial charge in [-0.25, -0.2) is 0 Å². The Kier molecular flexibility index (Phi) is 6.87. The Morgan fingerprint density at radius 2 is 2.09 bits per heavy atom. The van der Waals surface area contributed by atoms with Crippen LogP contribution in [0.2, 0.25) is 0 Å². The maximum absolute atomic E-state index is 11.6. The third kappa shape index (κ3) is 6.26. The zero-order valence-corrected chi connectivity index (χ0v) is 13.0. The smallest absolute Gasteiger partial charge is 0.306 e. The number of phenolic OH excluding ortho intramolecular Hbond substituents is 1. The summed E-state index contributed by atoms with van der Waals surface area (Å²) in [7, 11) is 0. The van der Waals surface area contributed by atoms with Crippen LogP contribution in [0.25, 0.3) is 0 Å². The summed E-state index contributed by atoms with van der Waals surface area (Å²) in [6, 6.07) is 3.38. The predicted octanol–water partition coefficient (Wildman–Crippen LogP) is 1.46. The van der Waals surface area contributed by atoms with Gasteiger partial charge < -0.3 is 20.5 Å². The number of carbonyl (C=O) groups excluding carboxylic acids is 2. The molecule has 1 rings (SSSR count). The second-order valence-electron chi connectivity index (χ2n) is 4.27. The molecule has 23 heavy (non-hydrogen) atoms.